The summed E-state index contributed by atoms with van der Waals surface area (Å²) in [6, 6.07) is 9.11. The number of ether oxygens (including phenoxy) is 1. The number of amides is 1. The highest BCUT2D eigenvalue weighted by Crippen LogP contribution is 2.33. The van der Waals surface area contributed by atoms with E-state index in [9.17, 15) is 27.9 Å². The Labute approximate surface area is 204 Å². The summed E-state index contributed by atoms with van der Waals surface area (Å²) in [4.78, 5) is 34.1. The van der Waals surface area contributed by atoms with E-state index in [4.69, 9.17) is 23.2 Å². The van der Waals surface area contributed by atoms with Crippen molar-refractivity contribution < 1.29 is 27.8 Å². The Morgan fingerprint density at radius 2 is 1.80 bits per heavy atom. The third-order valence-corrected chi connectivity index (χ3v) is 5.37. The van der Waals surface area contributed by atoms with Gasteiger partial charge in [0.1, 0.15) is 17.5 Å². The molecule has 180 valence electrons. The first-order chi connectivity index (χ1) is 16.5. The zero-order chi connectivity index (χ0) is 25.3. The number of aromatic hydroxyl groups is 1. The number of pyridine rings is 1. The molecule has 0 saturated heterocycles. The standard InChI is InChI=1S/C22H13Cl2F3N4O4/c23-13-7-12(8-14(24)18(13)32)20(33)30-15-5-6-28-19-17(15)21(34)31(10-29-19)9-11-3-1-2-4-16(11)35-22(25,26)27/h1-8,10,32H,9H2,(H,28,30,33). The van der Waals surface area contributed by atoms with E-state index in [0.29, 0.717) is 0 Å². The minimum atomic E-state index is -4.91. The van der Waals surface area contributed by atoms with Gasteiger partial charge in [-0.1, -0.05) is 41.4 Å². The third kappa shape index (κ3) is 5.31. The first-order valence-electron chi connectivity index (χ1n) is 9.70. The van der Waals surface area contributed by atoms with Crippen LogP contribution in [0, 0.1) is 0 Å². The number of phenols is 1. The lowest BCUT2D eigenvalue weighted by molar-refractivity contribution is -0.274. The average molecular weight is 525 g/mol. The van der Waals surface area contributed by atoms with Crippen LogP contribution in [0.3, 0.4) is 0 Å². The minimum absolute atomic E-state index is 0.00482. The molecular weight excluding hydrogens is 512 g/mol. The van der Waals surface area contributed by atoms with Gasteiger partial charge in [0.25, 0.3) is 11.5 Å². The van der Waals surface area contributed by atoms with Crippen LogP contribution in [-0.2, 0) is 6.54 Å². The number of phenolic OH excluding ortho intramolecular Hbond substituents is 1. The number of alkyl halides is 3. The molecule has 4 rings (SSSR count). The predicted molar refractivity (Wildman–Crippen MR) is 122 cm³/mol. The number of hydrogen-bond donors (Lipinski definition) is 2. The SMILES string of the molecule is O=C(Nc1ccnc2ncn(Cc3ccccc3OC(F)(F)F)c(=O)c12)c1cc(Cl)c(O)c(Cl)c1. The Kier molecular flexibility index (Phi) is 6.55. The van der Waals surface area contributed by atoms with Crippen molar-refractivity contribution >= 4 is 45.8 Å². The van der Waals surface area contributed by atoms with Crippen molar-refractivity contribution in [1.29, 1.82) is 0 Å². The number of para-hydroxylation sites is 1. The molecular formula is C22H13Cl2F3N4O4. The smallest absolute Gasteiger partial charge is 0.505 e. The maximum atomic E-state index is 13.2. The van der Waals surface area contributed by atoms with E-state index in [1.807, 2.05) is 0 Å². The molecule has 1 amide bonds. The van der Waals surface area contributed by atoms with E-state index in [0.717, 1.165) is 17.0 Å². The molecule has 2 aromatic carbocycles. The van der Waals surface area contributed by atoms with Crippen LogP contribution in [0.5, 0.6) is 11.5 Å². The lowest BCUT2D eigenvalue weighted by atomic mass is 10.2. The van der Waals surface area contributed by atoms with Crippen LogP contribution in [-0.4, -0.2) is 31.9 Å². The molecule has 2 aromatic heterocycles. The number of benzene rings is 2. The Balaban J connectivity index is 1.71. The molecule has 4 aromatic rings. The van der Waals surface area contributed by atoms with Gasteiger partial charge in [0.05, 0.1) is 22.3 Å². The highest BCUT2D eigenvalue weighted by atomic mass is 35.5. The predicted octanol–water partition coefficient (Wildman–Crippen LogP) is 5.00. The van der Waals surface area contributed by atoms with Crippen LogP contribution in [0.1, 0.15) is 15.9 Å². The summed E-state index contributed by atoms with van der Waals surface area (Å²) in [6.07, 6.45) is -2.46. The molecule has 35 heavy (non-hydrogen) atoms. The third-order valence-electron chi connectivity index (χ3n) is 4.79. The van der Waals surface area contributed by atoms with Crippen LogP contribution >= 0.6 is 23.2 Å². The number of halogens is 5. The van der Waals surface area contributed by atoms with Gasteiger partial charge >= 0.3 is 6.36 Å². The van der Waals surface area contributed by atoms with Gasteiger partial charge in [0.2, 0.25) is 0 Å². The Bertz CT molecular complexity index is 1490. The first kappa shape index (κ1) is 24.3. The van der Waals surface area contributed by atoms with Gasteiger partial charge in [-0.3, -0.25) is 14.2 Å². The van der Waals surface area contributed by atoms with Crippen molar-refractivity contribution in [1.82, 2.24) is 14.5 Å². The van der Waals surface area contributed by atoms with Crippen molar-refractivity contribution in [2.75, 3.05) is 5.32 Å². The molecule has 0 unspecified atom stereocenters. The number of nitrogens with one attached hydrogen (secondary N) is 1. The van der Waals surface area contributed by atoms with Crippen LogP contribution < -0.4 is 15.6 Å². The number of aromatic nitrogens is 3. The summed E-state index contributed by atoms with van der Waals surface area (Å²) in [5, 5.41) is 11.9. The minimum Gasteiger partial charge on any atom is -0.505 e. The van der Waals surface area contributed by atoms with Gasteiger partial charge in [0, 0.05) is 17.3 Å². The maximum absolute atomic E-state index is 13.2. The number of nitrogens with zero attached hydrogens (tertiary/aromatic N) is 3. The average Bonchev–Trinajstić information content (AvgIpc) is 2.79. The Morgan fingerprint density at radius 3 is 2.49 bits per heavy atom. The fourth-order valence-electron chi connectivity index (χ4n) is 3.23. The van der Waals surface area contributed by atoms with Gasteiger partial charge in [-0.25, -0.2) is 9.97 Å². The molecule has 0 aliphatic rings. The molecule has 0 aliphatic carbocycles. The van der Waals surface area contributed by atoms with Gasteiger partial charge in [-0.2, -0.15) is 0 Å². The normalized spacial score (nSPS) is 11.5. The number of fused-ring (bicyclic) bond motifs is 1. The number of hydrogen-bond acceptors (Lipinski definition) is 6. The fourth-order valence-corrected chi connectivity index (χ4v) is 3.72. The van der Waals surface area contributed by atoms with E-state index >= 15 is 0 Å². The quantitative estimate of drug-likeness (QED) is 0.380. The summed E-state index contributed by atoms with van der Waals surface area (Å²) in [6.45, 7) is -0.292. The van der Waals surface area contributed by atoms with Crippen molar-refractivity contribution in [2.45, 2.75) is 12.9 Å². The van der Waals surface area contributed by atoms with Crippen LogP contribution in [0.25, 0.3) is 11.0 Å². The largest absolute Gasteiger partial charge is 0.573 e. The van der Waals surface area contributed by atoms with Crippen molar-refractivity contribution in [3.8, 4) is 11.5 Å². The molecule has 0 spiro atoms. The van der Waals surface area contributed by atoms with E-state index in [2.05, 4.69) is 20.0 Å². The highest BCUT2D eigenvalue weighted by molar-refractivity contribution is 6.37. The molecule has 2 N–H and O–H groups in total. The summed E-state index contributed by atoms with van der Waals surface area (Å²) in [7, 11) is 0. The topological polar surface area (TPSA) is 106 Å². The lowest BCUT2D eigenvalue weighted by Crippen LogP contribution is -2.24. The number of carbonyl (C=O) groups excluding carboxylic acids is 1. The van der Waals surface area contributed by atoms with E-state index in [1.54, 1.807) is 0 Å². The monoisotopic (exact) mass is 524 g/mol. The van der Waals surface area contributed by atoms with Gasteiger partial charge < -0.3 is 15.2 Å². The number of anilines is 1. The molecule has 0 radical (unpaired) electrons. The number of carbonyl (C=O) groups is 1. The van der Waals surface area contributed by atoms with Crippen LogP contribution in [0.2, 0.25) is 10.0 Å². The van der Waals surface area contributed by atoms with E-state index in [1.165, 1.54) is 42.6 Å². The molecule has 0 bridgehead atoms. The van der Waals surface area contributed by atoms with E-state index < -0.39 is 23.6 Å². The van der Waals surface area contributed by atoms with Crippen molar-refractivity contribution in [2.24, 2.45) is 0 Å². The van der Waals surface area contributed by atoms with Crippen molar-refractivity contribution in [3.05, 3.63) is 86.5 Å². The second-order valence-electron chi connectivity index (χ2n) is 7.13. The van der Waals surface area contributed by atoms with Gasteiger partial charge in [0.15, 0.2) is 11.4 Å². The van der Waals surface area contributed by atoms with Crippen LogP contribution in [0.15, 0.2) is 59.8 Å². The molecule has 13 heteroatoms. The van der Waals surface area contributed by atoms with E-state index in [-0.39, 0.29) is 50.2 Å². The molecule has 0 aliphatic heterocycles. The van der Waals surface area contributed by atoms with Crippen molar-refractivity contribution in [3.63, 3.8) is 0 Å². The zero-order valence-corrected chi connectivity index (χ0v) is 18.8. The lowest BCUT2D eigenvalue weighted by Gasteiger charge is -2.14. The molecule has 8 nitrogen and oxygen atoms in total. The first-order valence-corrected chi connectivity index (χ1v) is 10.5. The summed E-state index contributed by atoms with van der Waals surface area (Å²) < 4.78 is 43.4. The highest BCUT2D eigenvalue weighted by Gasteiger charge is 2.32. The fraction of sp³-hybridized carbons (Fsp3) is 0.0909. The zero-order valence-electron chi connectivity index (χ0n) is 17.3. The van der Waals surface area contributed by atoms with Gasteiger partial charge in [-0.15, -0.1) is 13.2 Å². The summed E-state index contributed by atoms with van der Waals surface area (Å²) in [5.74, 6) is -1.55. The summed E-state index contributed by atoms with van der Waals surface area (Å²) >= 11 is 11.7. The maximum Gasteiger partial charge on any atom is 0.573 e. The molecule has 0 fully saturated rings. The van der Waals surface area contributed by atoms with Crippen LogP contribution in [0.4, 0.5) is 18.9 Å². The molecule has 2 heterocycles. The second kappa shape index (κ2) is 9.43. The molecule has 0 saturated carbocycles. The Hall–Kier alpha value is -3.83. The van der Waals surface area contributed by atoms with Gasteiger partial charge in [-0.05, 0) is 24.3 Å². The second-order valence-corrected chi connectivity index (χ2v) is 7.95. The number of rotatable bonds is 5. The Morgan fingerprint density at radius 1 is 1.11 bits per heavy atom. The summed E-state index contributed by atoms with van der Waals surface area (Å²) in [5.41, 5.74) is -0.527. The molecule has 0 atom stereocenters.